The van der Waals surface area contributed by atoms with Gasteiger partial charge in [-0.15, -0.1) is 0 Å². The van der Waals surface area contributed by atoms with Crippen LogP contribution >= 0.6 is 23.2 Å². The quantitative estimate of drug-likeness (QED) is 0.634. The van der Waals surface area contributed by atoms with Crippen molar-refractivity contribution in [2.75, 3.05) is 26.0 Å². The number of nitrogens with one attached hydrogen (secondary N) is 2. The number of fused-ring (bicyclic) bond motifs is 1. The lowest BCUT2D eigenvalue weighted by molar-refractivity contribution is 0.243. The smallest absolute Gasteiger partial charge is 0.319 e. The van der Waals surface area contributed by atoms with Crippen LogP contribution in [0.3, 0.4) is 0 Å². The fourth-order valence-corrected chi connectivity index (χ4v) is 3.45. The second kappa shape index (κ2) is 8.21. The van der Waals surface area contributed by atoms with Gasteiger partial charge in [0.15, 0.2) is 0 Å². The highest BCUT2D eigenvalue weighted by Gasteiger charge is 2.20. The van der Waals surface area contributed by atoms with E-state index in [0.717, 1.165) is 0 Å². The molecule has 142 valence electrons. The van der Waals surface area contributed by atoms with Gasteiger partial charge in [0.25, 0.3) is 0 Å². The minimum absolute atomic E-state index is 0.0376. The average Bonchev–Trinajstić information content (AvgIpc) is 2.95. The van der Waals surface area contributed by atoms with Gasteiger partial charge in [-0.05, 0) is 43.9 Å². The van der Waals surface area contributed by atoms with Crippen LogP contribution < -0.4 is 10.6 Å². The third kappa shape index (κ3) is 4.38. The molecule has 0 radical (unpaired) electrons. The largest absolute Gasteiger partial charge is 0.350 e. The molecule has 1 aromatic heterocycles. The van der Waals surface area contributed by atoms with Gasteiger partial charge < -0.3 is 20.1 Å². The number of hydrogen-bond donors (Lipinski definition) is 2. The first-order valence-electron chi connectivity index (χ1n) is 8.57. The van der Waals surface area contributed by atoms with Crippen molar-refractivity contribution in [3.05, 3.63) is 64.3 Å². The number of hydrogen-bond acceptors (Lipinski definition) is 2. The highest BCUT2D eigenvalue weighted by atomic mass is 35.5. The molecule has 3 aromatic rings. The van der Waals surface area contributed by atoms with Crippen LogP contribution in [0.1, 0.15) is 11.6 Å². The molecule has 1 atom stereocenters. The molecule has 2 amide bonds. The van der Waals surface area contributed by atoms with Crippen LogP contribution in [0.5, 0.6) is 0 Å². The molecule has 27 heavy (non-hydrogen) atoms. The van der Waals surface area contributed by atoms with Gasteiger partial charge in [-0.3, -0.25) is 0 Å². The Hall–Kier alpha value is -2.21. The van der Waals surface area contributed by atoms with Crippen molar-refractivity contribution in [2.45, 2.75) is 6.04 Å². The van der Waals surface area contributed by atoms with Crippen LogP contribution in [0.2, 0.25) is 10.0 Å². The highest BCUT2D eigenvalue weighted by Crippen LogP contribution is 2.28. The number of aryl methyl sites for hydroxylation is 1. The van der Waals surface area contributed by atoms with Crippen molar-refractivity contribution < 1.29 is 4.79 Å². The fraction of sp³-hybridized carbons (Fsp3) is 0.250. The summed E-state index contributed by atoms with van der Waals surface area (Å²) < 4.78 is 2.11. The van der Waals surface area contributed by atoms with Crippen LogP contribution in [-0.2, 0) is 7.05 Å². The van der Waals surface area contributed by atoms with E-state index < -0.39 is 0 Å². The minimum atomic E-state index is -0.291. The van der Waals surface area contributed by atoms with E-state index >= 15 is 0 Å². The van der Waals surface area contributed by atoms with Crippen LogP contribution in [0.15, 0.2) is 48.7 Å². The summed E-state index contributed by atoms with van der Waals surface area (Å²) in [5, 5.41) is 7.76. The number of benzene rings is 2. The molecule has 0 aliphatic rings. The lowest BCUT2D eigenvalue weighted by Crippen LogP contribution is -2.36. The molecule has 5 nitrogen and oxygen atoms in total. The van der Waals surface area contributed by atoms with Gasteiger partial charge in [-0.2, -0.15) is 0 Å². The summed E-state index contributed by atoms with van der Waals surface area (Å²) in [7, 11) is 6.04. The molecule has 0 spiro atoms. The third-order valence-corrected chi connectivity index (χ3v) is 5.28. The number of para-hydroxylation sites is 1. The second-order valence-electron chi connectivity index (χ2n) is 6.66. The van der Waals surface area contributed by atoms with E-state index in [-0.39, 0.29) is 12.1 Å². The highest BCUT2D eigenvalue weighted by molar-refractivity contribution is 6.42. The maximum absolute atomic E-state index is 12.3. The Balaban J connectivity index is 1.73. The maximum Gasteiger partial charge on any atom is 0.319 e. The van der Waals surface area contributed by atoms with Gasteiger partial charge in [0.05, 0.1) is 16.1 Å². The molecule has 3 rings (SSSR count). The standard InChI is InChI=1S/C20H22Cl2N4O/c1-25(2)19(15-12-26(3)18-7-5-4-6-14(15)18)11-23-20(27)24-13-8-9-16(21)17(22)10-13/h4-10,12,19H,11H2,1-3H3,(H2,23,24,27). The molecule has 1 heterocycles. The Morgan fingerprint density at radius 2 is 1.89 bits per heavy atom. The number of anilines is 1. The number of likely N-dealkylation sites (N-methyl/N-ethyl adjacent to an activating group) is 1. The Bertz CT molecular complexity index is 968. The SMILES string of the molecule is CN(C)C(CNC(=O)Nc1ccc(Cl)c(Cl)c1)c1cn(C)c2ccccc12. The first-order chi connectivity index (χ1) is 12.9. The van der Waals surface area contributed by atoms with Crippen molar-refractivity contribution in [1.82, 2.24) is 14.8 Å². The molecule has 0 saturated heterocycles. The predicted molar refractivity (Wildman–Crippen MR) is 113 cm³/mol. The second-order valence-corrected chi connectivity index (χ2v) is 7.47. The zero-order valence-electron chi connectivity index (χ0n) is 15.5. The molecule has 0 aliphatic heterocycles. The summed E-state index contributed by atoms with van der Waals surface area (Å²) in [5.41, 5.74) is 2.93. The number of nitrogens with zero attached hydrogens (tertiary/aromatic N) is 2. The monoisotopic (exact) mass is 404 g/mol. The van der Waals surface area contributed by atoms with E-state index in [0.29, 0.717) is 22.3 Å². The zero-order valence-corrected chi connectivity index (χ0v) is 17.0. The lowest BCUT2D eigenvalue weighted by Gasteiger charge is -2.24. The Morgan fingerprint density at radius 1 is 1.15 bits per heavy atom. The minimum Gasteiger partial charge on any atom is -0.350 e. The van der Waals surface area contributed by atoms with E-state index in [2.05, 4.69) is 38.4 Å². The number of amides is 2. The summed E-state index contributed by atoms with van der Waals surface area (Å²) in [4.78, 5) is 14.4. The Labute approximate surface area is 168 Å². The Kier molecular flexibility index (Phi) is 5.95. The van der Waals surface area contributed by atoms with Crippen LogP contribution in [0.25, 0.3) is 10.9 Å². The first-order valence-corrected chi connectivity index (χ1v) is 9.32. The lowest BCUT2D eigenvalue weighted by atomic mass is 10.0. The van der Waals surface area contributed by atoms with Gasteiger partial charge in [-0.25, -0.2) is 4.79 Å². The number of aromatic nitrogens is 1. The third-order valence-electron chi connectivity index (χ3n) is 4.54. The van der Waals surface area contributed by atoms with Gasteiger partial charge >= 0.3 is 6.03 Å². The van der Waals surface area contributed by atoms with Crippen LogP contribution in [-0.4, -0.2) is 36.1 Å². The summed E-state index contributed by atoms with van der Waals surface area (Å²) >= 11 is 11.9. The normalized spacial score (nSPS) is 12.4. The molecule has 7 heteroatoms. The molecule has 0 saturated carbocycles. The van der Waals surface area contributed by atoms with Crippen molar-refractivity contribution in [2.24, 2.45) is 7.05 Å². The number of carbonyl (C=O) groups excluding carboxylic acids is 1. The van der Waals surface area contributed by atoms with E-state index in [1.165, 1.54) is 16.5 Å². The topological polar surface area (TPSA) is 49.3 Å². The predicted octanol–water partition coefficient (Wildman–Crippen LogP) is 4.91. The van der Waals surface area contributed by atoms with Crippen molar-refractivity contribution >= 4 is 45.8 Å². The first kappa shape index (κ1) is 19.5. The maximum atomic E-state index is 12.3. The van der Waals surface area contributed by atoms with Crippen molar-refractivity contribution in [3.8, 4) is 0 Å². The number of urea groups is 1. The number of rotatable bonds is 5. The molecule has 1 unspecified atom stereocenters. The van der Waals surface area contributed by atoms with Gasteiger partial charge in [-0.1, -0.05) is 41.4 Å². The molecule has 2 aromatic carbocycles. The van der Waals surface area contributed by atoms with Crippen LogP contribution in [0.4, 0.5) is 10.5 Å². The van der Waals surface area contributed by atoms with Gasteiger partial charge in [0, 0.05) is 36.4 Å². The summed E-state index contributed by atoms with van der Waals surface area (Å²) in [6, 6.07) is 13.0. The van der Waals surface area contributed by atoms with Crippen LogP contribution in [0, 0.1) is 0 Å². The van der Waals surface area contributed by atoms with E-state index in [4.69, 9.17) is 23.2 Å². The van der Waals surface area contributed by atoms with E-state index in [1.807, 2.05) is 33.3 Å². The van der Waals surface area contributed by atoms with Crippen molar-refractivity contribution in [3.63, 3.8) is 0 Å². The van der Waals surface area contributed by atoms with Gasteiger partial charge in [0.2, 0.25) is 0 Å². The van der Waals surface area contributed by atoms with Gasteiger partial charge in [0.1, 0.15) is 0 Å². The molecule has 2 N–H and O–H groups in total. The Morgan fingerprint density at radius 3 is 2.59 bits per heavy atom. The molecular formula is C20H22Cl2N4O. The average molecular weight is 405 g/mol. The van der Waals surface area contributed by atoms with Crippen molar-refractivity contribution in [1.29, 1.82) is 0 Å². The summed E-state index contributed by atoms with van der Waals surface area (Å²) in [5.74, 6) is 0. The number of halogens is 2. The summed E-state index contributed by atoms with van der Waals surface area (Å²) in [6.07, 6.45) is 2.12. The zero-order chi connectivity index (χ0) is 19.6. The molecule has 0 aliphatic carbocycles. The molecule has 0 bridgehead atoms. The van der Waals surface area contributed by atoms with E-state index in [9.17, 15) is 4.79 Å². The number of carbonyl (C=O) groups is 1. The molecule has 0 fully saturated rings. The fourth-order valence-electron chi connectivity index (χ4n) is 3.15. The molecular weight excluding hydrogens is 383 g/mol. The van der Waals surface area contributed by atoms with E-state index in [1.54, 1.807) is 18.2 Å². The summed E-state index contributed by atoms with van der Waals surface area (Å²) in [6.45, 7) is 0.466.